The van der Waals surface area contributed by atoms with Crippen LogP contribution in [0.2, 0.25) is 0 Å². The molecule has 1 N–H and O–H groups in total. The van der Waals surface area contributed by atoms with Gasteiger partial charge in [0, 0.05) is 5.69 Å². The summed E-state index contributed by atoms with van der Waals surface area (Å²) in [6.45, 7) is 8.34. The third-order valence-corrected chi connectivity index (χ3v) is 3.94. The summed E-state index contributed by atoms with van der Waals surface area (Å²) in [6.07, 6.45) is 0.866. The van der Waals surface area contributed by atoms with Crippen molar-refractivity contribution < 1.29 is 23.8 Å². The van der Waals surface area contributed by atoms with Crippen molar-refractivity contribution in [1.82, 2.24) is 0 Å². The molecule has 0 aliphatic heterocycles. The zero-order valence-electron chi connectivity index (χ0n) is 16.8. The van der Waals surface area contributed by atoms with Crippen molar-refractivity contribution >= 4 is 17.6 Å². The van der Waals surface area contributed by atoms with Crippen LogP contribution in [0, 0.1) is 13.8 Å². The summed E-state index contributed by atoms with van der Waals surface area (Å²) >= 11 is 0. The molecule has 0 fully saturated rings. The molecule has 2 aromatic rings. The van der Waals surface area contributed by atoms with Gasteiger partial charge in [-0.25, -0.2) is 4.79 Å². The second-order valence-electron chi connectivity index (χ2n) is 6.39. The Morgan fingerprint density at radius 1 is 0.964 bits per heavy atom. The van der Waals surface area contributed by atoms with Gasteiger partial charge in [0.15, 0.2) is 18.1 Å². The van der Waals surface area contributed by atoms with E-state index in [1.807, 2.05) is 45.9 Å². The number of aryl methyl sites for hydroxylation is 2. The fraction of sp³-hybridized carbons (Fsp3) is 0.364. The normalized spacial score (nSPS) is 10.3. The molecule has 2 aromatic carbocycles. The Morgan fingerprint density at radius 2 is 1.75 bits per heavy atom. The molecule has 0 aliphatic carbocycles. The van der Waals surface area contributed by atoms with Crippen molar-refractivity contribution in [3.05, 3.63) is 53.1 Å². The fourth-order valence-corrected chi connectivity index (χ4v) is 2.51. The number of hydrogen-bond donors (Lipinski definition) is 1. The van der Waals surface area contributed by atoms with Gasteiger partial charge < -0.3 is 19.5 Å². The highest BCUT2D eigenvalue weighted by atomic mass is 16.5. The van der Waals surface area contributed by atoms with Crippen LogP contribution in [0.15, 0.2) is 36.4 Å². The van der Waals surface area contributed by atoms with Crippen molar-refractivity contribution in [2.75, 3.05) is 25.1 Å². The van der Waals surface area contributed by atoms with Gasteiger partial charge in [0.25, 0.3) is 5.91 Å². The van der Waals surface area contributed by atoms with Gasteiger partial charge in [0.05, 0.1) is 18.8 Å². The van der Waals surface area contributed by atoms with E-state index < -0.39 is 11.9 Å². The maximum atomic E-state index is 12.3. The lowest BCUT2D eigenvalue weighted by Crippen LogP contribution is -2.21. The first-order chi connectivity index (χ1) is 13.4. The fourth-order valence-electron chi connectivity index (χ4n) is 2.51. The average molecular weight is 385 g/mol. The van der Waals surface area contributed by atoms with Gasteiger partial charge in [0.1, 0.15) is 0 Å². The minimum Gasteiger partial charge on any atom is -0.490 e. The molecule has 0 radical (unpaired) electrons. The predicted molar refractivity (Wildman–Crippen MR) is 108 cm³/mol. The molecule has 2 rings (SSSR count). The van der Waals surface area contributed by atoms with Crippen LogP contribution in [0.25, 0.3) is 0 Å². The highest BCUT2D eigenvalue weighted by Crippen LogP contribution is 2.29. The lowest BCUT2D eigenvalue weighted by molar-refractivity contribution is -0.119. The van der Waals surface area contributed by atoms with E-state index in [1.54, 1.807) is 18.2 Å². The van der Waals surface area contributed by atoms with E-state index in [0.717, 1.165) is 17.5 Å². The summed E-state index contributed by atoms with van der Waals surface area (Å²) in [4.78, 5) is 24.4. The van der Waals surface area contributed by atoms with Crippen molar-refractivity contribution in [3.63, 3.8) is 0 Å². The van der Waals surface area contributed by atoms with Gasteiger partial charge in [-0.1, -0.05) is 19.1 Å². The Balaban J connectivity index is 1.99. The van der Waals surface area contributed by atoms with E-state index in [1.165, 1.54) is 0 Å². The van der Waals surface area contributed by atoms with E-state index in [9.17, 15) is 9.59 Å². The second kappa shape index (κ2) is 10.3. The minimum atomic E-state index is -0.598. The molecule has 1 amide bonds. The van der Waals surface area contributed by atoms with Gasteiger partial charge in [0.2, 0.25) is 0 Å². The van der Waals surface area contributed by atoms with Crippen molar-refractivity contribution in [2.24, 2.45) is 0 Å². The summed E-state index contributed by atoms with van der Waals surface area (Å²) < 4.78 is 16.3. The molecule has 0 heterocycles. The minimum absolute atomic E-state index is 0.298. The molecule has 0 spiro atoms. The number of anilines is 1. The summed E-state index contributed by atoms with van der Waals surface area (Å²) in [5.74, 6) is 0.0623. The Kier molecular flexibility index (Phi) is 7.87. The van der Waals surface area contributed by atoms with Crippen LogP contribution in [-0.2, 0) is 9.53 Å². The maximum Gasteiger partial charge on any atom is 0.338 e. The van der Waals surface area contributed by atoms with Crippen LogP contribution in [0.4, 0.5) is 5.69 Å². The lowest BCUT2D eigenvalue weighted by atomic mass is 10.1. The van der Waals surface area contributed by atoms with Crippen LogP contribution in [0.3, 0.4) is 0 Å². The van der Waals surface area contributed by atoms with Crippen LogP contribution < -0.4 is 14.8 Å². The van der Waals surface area contributed by atoms with Gasteiger partial charge >= 0.3 is 5.97 Å². The third-order valence-electron chi connectivity index (χ3n) is 3.94. The molecule has 6 nitrogen and oxygen atoms in total. The SMILES string of the molecule is CCCOc1ccc(C(=O)OCC(=O)Nc2cc(C)ccc2C)cc1OCC. The molecule has 0 aromatic heterocycles. The van der Waals surface area contributed by atoms with Gasteiger partial charge in [-0.2, -0.15) is 0 Å². The summed E-state index contributed by atoms with van der Waals surface area (Å²) in [5.41, 5.74) is 2.98. The van der Waals surface area contributed by atoms with E-state index in [-0.39, 0.29) is 6.61 Å². The first kappa shape index (κ1) is 21.3. The lowest BCUT2D eigenvalue weighted by Gasteiger charge is -2.13. The molecule has 0 saturated heterocycles. The topological polar surface area (TPSA) is 73.9 Å². The van der Waals surface area contributed by atoms with Crippen LogP contribution >= 0.6 is 0 Å². The zero-order chi connectivity index (χ0) is 20.5. The number of benzene rings is 2. The molecular weight excluding hydrogens is 358 g/mol. The molecular formula is C22H27NO5. The first-order valence-electron chi connectivity index (χ1n) is 9.38. The van der Waals surface area contributed by atoms with E-state index in [0.29, 0.717) is 36.0 Å². The van der Waals surface area contributed by atoms with E-state index in [4.69, 9.17) is 14.2 Å². The highest BCUT2D eigenvalue weighted by molar-refractivity contribution is 5.96. The first-order valence-corrected chi connectivity index (χ1v) is 9.38. The molecule has 28 heavy (non-hydrogen) atoms. The second-order valence-corrected chi connectivity index (χ2v) is 6.39. The number of rotatable bonds is 9. The summed E-state index contributed by atoms with van der Waals surface area (Å²) in [7, 11) is 0. The van der Waals surface area contributed by atoms with Crippen LogP contribution in [0.5, 0.6) is 11.5 Å². The smallest absolute Gasteiger partial charge is 0.338 e. The molecule has 0 atom stereocenters. The molecule has 0 saturated carbocycles. The third kappa shape index (κ3) is 6.01. The van der Waals surface area contributed by atoms with Crippen molar-refractivity contribution in [3.8, 4) is 11.5 Å². The van der Waals surface area contributed by atoms with E-state index >= 15 is 0 Å². The molecule has 150 valence electrons. The number of carbonyl (C=O) groups excluding carboxylic acids is 2. The van der Waals surface area contributed by atoms with E-state index in [2.05, 4.69) is 5.32 Å². The maximum absolute atomic E-state index is 12.3. The largest absolute Gasteiger partial charge is 0.490 e. The summed E-state index contributed by atoms with van der Waals surface area (Å²) in [6, 6.07) is 10.6. The van der Waals surface area contributed by atoms with Crippen molar-refractivity contribution in [2.45, 2.75) is 34.1 Å². The standard InChI is InChI=1S/C22H27NO5/c1-5-11-27-19-10-9-17(13-20(19)26-6-2)22(25)28-14-21(24)23-18-12-15(3)7-8-16(18)4/h7-10,12-13H,5-6,11,14H2,1-4H3,(H,23,24). The van der Waals surface area contributed by atoms with Crippen molar-refractivity contribution in [1.29, 1.82) is 0 Å². The number of nitrogens with one attached hydrogen (secondary N) is 1. The number of ether oxygens (including phenoxy) is 3. The van der Waals surface area contributed by atoms with Crippen LogP contribution in [-0.4, -0.2) is 31.7 Å². The Labute approximate surface area is 165 Å². The quantitative estimate of drug-likeness (QED) is 0.652. The van der Waals surface area contributed by atoms with Gasteiger partial charge in [-0.05, 0) is 62.6 Å². The highest BCUT2D eigenvalue weighted by Gasteiger charge is 2.15. The number of esters is 1. The monoisotopic (exact) mass is 385 g/mol. The summed E-state index contributed by atoms with van der Waals surface area (Å²) in [5, 5.41) is 2.76. The molecule has 0 bridgehead atoms. The number of amides is 1. The van der Waals surface area contributed by atoms with Gasteiger partial charge in [-0.15, -0.1) is 0 Å². The van der Waals surface area contributed by atoms with Crippen LogP contribution in [0.1, 0.15) is 41.8 Å². The number of hydrogen-bond acceptors (Lipinski definition) is 5. The molecule has 0 unspecified atom stereocenters. The molecule has 0 aliphatic rings. The zero-order valence-corrected chi connectivity index (χ0v) is 16.8. The average Bonchev–Trinajstić information content (AvgIpc) is 2.68. The Morgan fingerprint density at radius 3 is 2.46 bits per heavy atom. The molecule has 6 heteroatoms. The van der Waals surface area contributed by atoms with Gasteiger partial charge in [-0.3, -0.25) is 4.79 Å². The number of carbonyl (C=O) groups is 2. The predicted octanol–water partition coefficient (Wildman–Crippen LogP) is 4.29. The Bertz CT molecular complexity index is 832. The Hall–Kier alpha value is -3.02.